The van der Waals surface area contributed by atoms with Crippen LogP contribution in [0.1, 0.15) is 23.7 Å². The molecule has 0 aliphatic rings. The number of guanidine groups is 1. The molecule has 28 heavy (non-hydrogen) atoms. The number of pyridine rings is 1. The van der Waals surface area contributed by atoms with Crippen LogP contribution in [0.25, 0.3) is 0 Å². The monoisotopic (exact) mass is 394 g/mol. The van der Waals surface area contributed by atoms with Crippen molar-refractivity contribution >= 4 is 5.96 Å². The van der Waals surface area contributed by atoms with Crippen LogP contribution in [0.2, 0.25) is 0 Å². The number of halogens is 3. The van der Waals surface area contributed by atoms with Crippen molar-refractivity contribution in [2.24, 2.45) is 4.99 Å². The van der Waals surface area contributed by atoms with Crippen molar-refractivity contribution in [3.63, 3.8) is 0 Å². The van der Waals surface area contributed by atoms with E-state index in [0.29, 0.717) is 24.6 Å². The van der Waals surface area contributed by atoms with Gasteiger partial charge >= 0.3 is 6.18 Å². The first-order valence-corrected chi connectivity index (χ1v) is 9.10. The van der Waals surface area contributed by atoms with Crippen LogP contribution >= 0.6 is 0 Å². The summed E-state index contributed by atoms with van der Waals surface area (Å²) in [5.41, 5.74) is 2.66. The van der Waals surface area contributed by atoms with Crippen molar-refractivity contribution in [3.8, 4) is 0 Å². The van der Waals surface area contributed by atoms with Gasteiger partial charge in [-0.05, 0) is 30.2 Å². The number of hydrogen-bond donors (Lipinski definition) is 2. The zero-order valence-electron chi connectivity index (χ0n) is 15.8. The predicted octanol–water partition coefficient (Wildman–Crippen LogP) is 3.46. The van der Waals surface area contributed by atoms with Gasteiger partial charge in [-0.1, -0.05) is 30.3 Å². The molecule has 1 aromatic heterocycles. The number of rotatable bonds is 9. The predicted molar refractivity (Wildman–Crippen MR) is 103 cm³/mol. The lowest BCUT2D eigenvalue weighted by atomic mass is 10.1. The SMILES string of the molecule is CCNC(=NCc1ccc(COCC(F)(F)F)cc1)NCCc1ccccn1. The lowest BCUT2D eigenvalue weighted by Gasteiger charge is -2.11. The molecule has 0 aliphatic carbocycles. The molecule has 2 rings (SSSR count). The molecule has 5 nitrogen and oxygen atoms in total. The van der Waals surface area contributed by atoms with E-state index >= 15 is 0 Å². The van der Waals surface area contributed by atoms with Gasteiger partial charge in [-0.25, -0.2) is 4.99 Å². The smallest absolute Gasteiger partial charge is 0.367 e. The number of nitrogens with one attached hydrogen (secondary N) is 2. The summed E-state index contributed by atoms with van der Waals surface area (Å²) in [5.74, 6) is 0.705. The summed E-state index contributed by atoms with van der Waals surface area (Å²) in [4.78, 5) is 8.82. The number of ether oxygens (including phenoxy) is 1. The Labute approximate surface area is 163 Å². The quantitative estimate of drug-likeness (QED) is 0.505. The number of nitrogens with zero attached hydrogens (tertiary/aromatic N) is 2. The van der Waals surface area contributed by atoms with Crippen molar-refractivity contribution in [3.05, 3.63) is 65.5 Å². The zero-order chi connectivity index (χ0) is 20.2. The van der Waals surface area contributed by atoms with Gasteiger partial charge in [0.15, 0.2) is 5.96 Å². The highest BCUT2D eigenvalue weighted by Crippen LogP contribution is 2.16. The number of alkyl halides is 3. The molecule has 0 unspecified atom stereocenters. The molecule has 8 heteroatoms. The highest BCUT2D eigenvalue weighted by atomic mass is 19.4. The maximum atomic E-state index is 12.1. The van der Waals surface area contributed by atoms with Gasteiger partial charge in [0.25, 0.3) is 0 Å². The molecule has 0 fully saturated rings. The van der Waals surface area contributed by atoms with Crippen molar-refractivity contribution in [1.29, 1.82) is 0 Å². The molecule has 0 spiro atoms. The Morgan fingerprint density at radius 1 is 1.07 bits per heavy atom. The maximum Gasteiger partial charge on any atom is 0.411 e. The Morgan fingerprint density at radius 2 is 1.82 bits per heavy atom. The number of benzene rings is 1. The summed E-state index contributed by atoms with van der Waals surface area (Å²) in [6.45, 7) is 2.59. The van der Waals surface area contributed by atoms with E-state index in [1.165, 1.54) is 0 Å². The van der Waals surface area contributed by atoms with Gasteiger partial charge in [0.05, 0.1) is 13.2 Å². The number of aliphatic imine (C=N–C) groups is 1. The second kappa shape index (κ2) is 11.3. The summed E-state index contributed by atoms with van der Waals surface area (Å²) < 4.78 is 40.9. The summed E-state index contributed by atoms with van der Waals surface area (Å²) in [6, 6.07) is 13.0. The van der Waals surface area contributed by atoms with Gasteiger partial charge in [-0.15, -0.1) is 0 Å². The molecule has 1 heterocycles. The maximum absolute atomic E-state index is 12.1. The van der Waals surface area contributed by atoms with E-state index in [2.05, 4.69) is 25.3 Å². The zero-order valence-corrected chi connectivity index (χ0v) is 15.8. The summed E-state index contributed by atoms with van der Waals surface area (Å²) in [6.07, 6.45) is -1.74. The van der Waals surface area contributed by atoms with Crippen LogP contribution in [0.3, 0.4) is 0 Å². The molecule has 0 amide bonds. The molecule has 0 saturated carbocycles. The molecule has 0 atom stereocenters. The van der Waals surface area contributed by atoms with E-state index in [1.54, 1.807) is 18.3 Å². The second-order valence-corrected chi connectivity index (χ2v) is 6.12. The van der Waals surface area contributed by atoms with Gasteiger partial charge in [0.2, 0.25) is 0 Å². The van der Waals surface area contributed by atoms with Crippen LogP contribution in [-0.2, 0) is 24.3 Å². The van der Waals surface area contributed by atoms with E-state index in [1.807, 2.05) is 37.3 Å². The second-order valence-electron chi connectivity index (χ2n) is 6.12. The highest BCUT2D eigenvalue weighted by Gasteiger charge is 2.27. The lowest BCUT2D eigenvalue weighted by Crippen LogP contribution is -2.38. The van der Waals surface area contributed by atoms with Crippen LogP contribution in [-0.4, -0.2) is 36.8 Å². The minimum atomic E-state index is -4.30. The van der Waals surface area contributed by atoms with E-state index in [9.17, 15) is 13.2 Å². The molecule has 0 radical (unpaired) electrons. The van der Waals surface area contributed by atoms with Crippen molar-refractivity contribution in [2.45, 2.75) is 32.7 Å². The Morgan fingerprint density at radius 3 is 2.46 bits per heavy atom. The molecule has 2 N–H and O–H groups in total. The van der Waals surface area contributed by atoms with E-state index in [4.69, 9.17) is 0 Å². The first kappa shape index (κ1) is 21.7. The molecular weight excluding hydrogens is 369 g/mol. The standard InChI is InChI=1S/C20H25F3N4O/c1-2-24-19(26-12-10-18-5-3-4-11-25-18)27-13-16-6-8-17(9-7-16)14-28-15-20(21,22)23/h3-9,11H,2,10,12-15H2,1H3,(H2,24,26,27). The largest absolute Gasteiger partial charge is 0.411 e. The topological polar surface area (TPSA) is 58.5 Å². The molecule has 152 valence electrons. The van der Waals surface area contributed by atoms with Gasteiger partial charge in [0.1, 0.15) is 6.61 Å². The summed E-state index contributed by atoms with van der Waals surface area (Å²) >= 11 is 0. The van der Waals surface area contributed by atoms with Crippen LogP contribution in [0, 0.1) is 0 Å². The van der Waals surface area contributed by atoms with Gasteiger partial charge < -0.3 is 15.4 Å². The fourth-order valence-electron chi connectivity index (χ4n) is 2.39. The van der Waals surface area contributed by atoms with Crippen molar-refractivity contribution in [2.75, 3.05) is 19.7 Å². The van der Waals surface area contributed by atoms with E-state index in [-0.39, 0.29) is 6.61 Å². The van der Waals surface area contributed by atoms with Crippen LogP contribution in [0.4, 0.5) is 13.2 Å². The first-order chi connectivity index (χ1) is 13.5. The Bertz CT molecular complexity index is 718. The molecule has 2 aromatic rings. The molecule has 0 saturated heterocycles. The van der Waals surface area contributed by atoms with Gasteiger partial charge in [-0.2, -0.15) is 13.2 Å². The van der Waals surface area contributed by atoms with E-state index in [0.717, 1.165) is 24.2 Å². The molecule has 0 aliphatic heterocycles. The van der Waals surface area contributed by atoms with Crippen molar-refractivity contribution in [1.82, 2.24) is 15.6 Å². The third-order valence-corrected chi connectivity index (χ3v) is 3.72. The normalized spacial score (nSPS) is 12.1. The van der Waals surface area contributed by atoms with Crippen LogP contribution < -0.4 is 10.6 Å². The summed E-state index contributed by atoms with van der Waals surface area (Å²) in [7, 11) is 0. The molecule has 1 aromatic carbocycles. The number of hydrogen-bond acceptors (Lipinski definition) is 3. The third-order valence-electron chi connectivity index (χ3n) is 3.72. The molecule has 0 bridgehead atoms. The van der Waals surface area contributed by atoms with E-state index < -0.39 is 12.8 Å². The molecular formula is C20H25F3N4O. The number of aromatic nitrogens is 1. The van der Waals surface area contributed by atoms with Gasteiger partial charge in [-0.3, -0.25) is 4.98 Å². The Hall–Kier alpha value is -2.61. The average molecular weight is 394 g/mol. The lowest BCUT2D eigenvalue weighted by molar-refractivity contribution is -0.176. The highest BCUT2D eigenvalue weighted by molar-refractivity contribution is 5.79. The first-order valence-electron chi connectivity index (χ1n) is 9.10. The Balaban J connectivity index is 1.80. The minimum Gasteiger partial charge on any atom is -0.367 e. The van der Waals surface area contributed by atoms with Crippen LogP contribution in [0.15, 0.2) is 53.7 Å². The Kier molecular flexibility index (Phi) is 8.74. The fraction of sp³-hybridized carbons (Fsp3) is 0.400. The third kappa shape index (κ3) is 8.85. The van der Waals surface area contributed by atoms with Gasteiger partial charge in [0, 0.05) is 31.4 Å². The minimum absolute atomic E-state index is 0.0687. The average Bonchev–Trinajstić information content (AvgIpc) is 2.67. The van der Waals surface area contributed by atoms with Crippen molar-refractivity contribution < 1.29 is 17.9 Å². The fourth-order valence-corrected chi connectivity index (χ4v) is 2.39. The van der Waals surface area contributed by atoms with Crippen LogP contribution in [0.5, 0.6) is 0 Å². The summed E-state index contributed by atoms with van der Waals surface area (Å²) in [5, 5.41) is 6.45.